The van der Waals surface area contributed by atoms with E-state index < -0.39 is 0 Å². The highest BCUT2D eigenvalue weighted by Crippen LogP contribution is 2.14. The highest BCUT2D eigenvalue weighted by atomic mass is 19.1. The molecule has 0 radical (unpaired) electrons. The first-order chi connectivity index (χ1) is 9.19. The van der Waals surface area contributed by atoms with E-state index >= 15 is 0 Å². The number of nitriles is 1. The fourth-order valence-corrected chi connectivity index (χ4v) is 1.86. The molecule has 0 aromatic heterocycles. The first-order valence-electron chi connectivity index (χ1n) is 6.17. The molecule has 0 heterocycles. The second kappa shape index (κ2) is 6.12. The normalized spacial score (nSPS) is 11.8. The summed E-state index contributed by atoms with van der Waals surface area (Å²) in [5.41, 5.74) is 2.68. The van der Waals surface area contributed by atoms with E-state index in [9.17, 15) is 4.39 Å². The van der Waals surface area contributed by atoms with E-state index in [2.05, 4.69) is 11.4 Å². The molecule has 96 valence electrons. The van der Waals surface area contributed by atoms with Gasteiger partial charge in [0.1, 0.15) is 5.82 Å². The molecule has 0 bridgehead atoms. The minimum absolute atomic E-state index is 0.0753. The van der Waals surface area contributed by atoms with Crippen molar-refractivity contribution in [3.05, 3.63) is 71.0 Å². The fourth-order valence-electron chi connectivity index (χ4n) is 1.86. The van der Waals surface area contributed by atoms with E-state index in [1.807, 2.05) is 25.1 Å². The predicted octanol–water partition coefficient (Wildman–Crippen LogP) is 3.55. The monoisotopic (exact) mass is 254 g/mol. The van der Waals surface area contributed by atoms with E-state index in [1.54, 1.807) is 18.2 Å². The Morgan fingerprint density at radius 1 is 1.21 bits per heavy atom. The molecule has 0 amide bonds. The van der Waals surface area contributed by atoms with Crippen LogP contribution < -0.4 is 5.32 Å². The minimum Gasteiger partial charge on any atom is -0.306 e. The zero-order valence-electron chi connectivity index (χ0n) is 10.7. The third-order valence-corrected chi connectivity index (χ3v) is 3.04. The number of nitrogens with one attached hydrogen (secondary N) is 1. The second-order valence-corrected chi connectivity index (χ2v) is 4.47. The third kappa shape index (κ3) is 3.64. The van der Waals surface area contributed by atoms with Gasteiger partial charge in [-0.15, -0.1) is 0 Å². The Morgan fingerprint density at radius 3 is 2.58 bits per heavy atom. The molecule has 0 unspecified atom stereocenters. The summed E-state index contributed by atoms with van der Waals surface area (Å²) in [4.78, 5) is 0. The van der Waals surface area contributed by atoms with Crippen molar-refractivity contribution in [3.63, 3.8) is 0 Å². The lowest BCUT2D eigenvalue weighted by Gasteiger charge is -2.14. The summed E-state index contributed by atoms with van der Waals surface area (Å²) in [5, 5.41) is 12.1. The SMILES string of the molecule is C[C@H](NCc1ccc(C#N)cc1)c1cccc(F)c1. The van der Waals surface area contributed by atoms with Gasteiger partial charge in [-0.25, -0.2) is 4.39 Å². The third-order valence-electron chi connectivity index (χ3n) is 3.04. The molecule has 1 atom stereocenters. The summed E-state index contributed by atoms with van der Waals surface area (Å²) in [5.74, 6) is -0.218. The van der Waals surface area contributed by atoms with E-state index in [1.165, 1.54) is 12.1 Å². The molecule has 3 heteroatoms. The second-order valence-electron chi connectivity index (χ2n) is 4.47. The topological polar surface area (TPSA) is 35.8 Å². The van der Waals surface area contributed by atoms with Crippen LogP contribution in [0.25, 0.3) is 0 Å². The van der Waals surface area contributed by atoms with E-state index in [0.717, 1.165) is 11.1 Å². The van der Waals surface area contributed by atoms with Crippen LogP contribution in [0.2, 0.25) is 0 Å². The van der Waals surface area contributed by atoms with Gasteiger partial charge in [0.2, 0.25) is 0 Å². The zero-order chi connectivity index (χ0) is 13.7. The lowest BCUT2D eigenvalue weighted by molar-refractivity contribution is 0.565. The maximum atomic E-state index is 13.1. The highest BCUT2D eigenvalue weighted by molar-refractivity contribution is 5.31. The molecular formula is C16H15FN2. The average Bonchev–Trinajstić information content (AvgIpc) is 2.45. The van der Waals surface area contributed by atoms with Gasteiger partial charge in [0, 0.05) is 12.6 Å². The van der Waals surface area contributed by atoms with Crippen molar-refractivity contribution >= 4 is 0 Å². The van der Waals surface area contributed by atoms with Gasteiger partial charge in [-0.3, -0.25) is 0 Å². The number of benzene rings is 2. The molecule has 0 fully saturated rings. The van der Waals surface area contributed by atoms with Crippen molar-refractivity contribution in [2.75, 3.05) is 0 Å². The van der Waals surface area contributed by atoms with Crippen molar-refractivity contribution in [1.82, 2.24) is 5.32 Å². The molecule has 0 spiro atoms. The summed E-state index contributed by atoms with van der Waals surface area (Å²) < 4.78 is 13.1. The van der Waals surface area contributed by atoms with Crippen molar-refractivity contribution in [1.29, 1.82) is 5.26 Å². The zero-order valence-corrected chi connectivity index (χ0v) is 10.7. The van der Waals surface area contributed by atoms with Crippen molar-refractivity contribution in [2.45, 2.75) is 19.5 Å². The summed E-state index contributed by atoms with van der Waals surface area (Å²) in [7, 11) is 0. The van der Waals surface area contributed by atoms with Gasteiger partial charge in [0.25, 0.3) is 0 Å². The Hall–Kier alpha value is -2.18. The molecule has 0 saturated heterocycles. The Balaban J connectivity index is 1.96. The Kier molecular flexibility index (Phi) is 4.27. The lowest BCUT2D eigenvalue weighted by atomic mass is 10.1. The quantitative estimate of drug-likeness (QED) is 0.905. The van der Waals surface area contributed by atoms with Gasteiger partial charge in [0.15, 0.2) is 0 Å². The van der Waals surface area contributed by atoms with Gasteiger partial charge in [-0.2, -0.15) is 5.26 Å². The van der Waals surface area contributed by atoms with Gasteiger partial charge >= 0.3 is 0 Å². The van der Waals surface area contributed by atoms with Crippen LogP contribution in [0.3, 0.4) is 0 Å². The maximum Gasteiger partial charge on any atom is 0.123 e. The molecule has 0 aliphatic carbocycles. The Morgan fingerprint density at radius 2 is 1.95 bits per heavy atom. The summed E-state index contributed by atoms with van der Waals surface area (Å²) >= 11 is 0. The number of hydrogen-bond acceptors (Lipinski definition) is 2. The summed E-state index contributed by atoms with van der Waals surface area (Å²) in [6, 6.07) is 16.2. The highest BCUT2D eigenvalue weighted by Gasteiger charge is 2.05. The van der Waals surface area contributed by atoms with Crippen LogP contribution in [0.1, 0.15) is 29.7 Å². The van der Waals surface area contributed by atoms with Crippen LogP contribution in [-0.2, 0) is 6.54 Å². The number of halogens is 1. The predicted molar refractivity (Wildman–Crippen MR) is 72.8 cm³/mol. The molecule has 2 aromatic rings. The van der Waals surface area contributed by atoms with Gasteiger partial charge in [-0.05, 0) is 42.3 Å². The first-order valence-corrected chi connectivity index (χ1v) is 6.17. The van der Waals surface area contributed by atoms with E-state index in [0.29, 0.717) is 12.1 Å². The van der Waals surface area contributed by atoms with Crippen molar-refractivity contribution < 1.29 is 4.39 Å². The Labute approximate surface area is 112 Å². The molecule has 0 aliphatic heterocycles. The minimum atomic E-state index is -0.218. The molecule has 2 nitrogen and oxygen atoms in total. The van der Waals surface area contributed by atoms with Gasteiger partial charge < -0.3 is 5.32 Å². The maximum absolute atomic E-state index is 13.1. The fraction of sp³-hybridized carbons (Fsp3) is 0.188. The van der Waals surface area contributed by atoms with E-state index in [-0.39, 0.29) is 11.9 Å². The van der Waals surface area contributed by atoms with Crippen LogP contribution in [-0.4, -0.2) is 0 Å². The summed E-state index contributed by atoms with van der Waals surface area (Å²) in [6.45, 7) is 2.68. The van der Waals surface area contributed by atoms with E-state index in [4.69, 9.17) is 5.26 Å². The lowest BCUT2D eigenvalue weighted by Crippen LogP contribution is -2.18. The molecule has 0 saturated carbocycles. The molecule has 1 N–H and O–H groups in total. The number of hydrogen-bond donors (Lipinski definition) is 1. The van der Waals surface area contributed by atoms with Crippen LogP contribution >= 0.6 is 0 Å². The standard InChI is InChI=1S/C16H15FN2/c1-12(15-3-2-4-16(17)9-15)19-11-14-7-5-13(10-18)6-8-14/h2-9,12,19H,11H2,1H3/t12-/m0/s1. The number of rotatable bonds is 4. The molecule has 0 aliphatic rings. The largest absolute Gasteiger partial charge is 0.306 e. The van der Waals surface area contributed by atoms with Crippen molar-refractivity contribution in [3.8, 4) is 6.07 Å². The van der Waals surface area contributed by atoms with Crippen LogP contribution in [0.5, 0.6) is 0 Å². The molecular weight excluding hydrogens is 239 g/mol. The Bertz CT molecular complexity index is 584. The summed E-state index contributed by atoms with van der Waals surface area (Å²) in [6.07, 6.45) is 0. The van der Waals surface area contributed by atoms with Gasteiger partial charge in [-0.1, -0.05) is 24.3 Å². The van der Waals surface area contributed by atoms with Crippen LogP contribution in [0.4, 0.5) is 4.39 Å². The van der Waals surface area contributed by atoms with Gasteiger partial charge in [0.05, 0.1) is 11.6 Å². The van der Waals surface area contributed by atoms with Crippen LogP contribution in [0.15, 0.2) is 48.5 Å². The number of nitrogens with zero attached hydrogens (tertiary/aromatic N) is 1. The van der Waals surface area contributed by atoms with Crippen LogP contribution in [0, 0.1) is 17.1 Å². The first kappa shape index (κ1) is 13.3. The average molecular weight is 254 g/mol. The van der Waals surface area contributed by atoms with Crippen molar-refractivity contribution in [2.24, 2.45) is 0 Å². The molecule has 19 heavy (non-hydrogen) atoms. The molecule has 2 rings (SSSR count). The molecule has 2 aromatic carbocycles. The smallest absolute Gasteiger partial charge is 0.123 e.